The fourth-order valence-electron chi connectivity index (χ4n) is 6.33. The third-order valence-electron chi connectivity index (χ3n) is 9.07. The topological polar surface area (TPSA) is 120 Å². The van der Waals surface area contributed by atoms with Gasteiger partial charge in [0.15, 0.2) is 5.82 Å². The van der Waals surface area contributed by atoms with E-state index in [-0.39, 0.29) is 28.7 Å². The Hall–Kier alpha value is -3.65. The van der Waals surface area contributed by atoms with Crippen LogP contribution in [0, 0.1) is 11.6 Å². The molecule has 0 spiro atoms. The molecule has 3 aromatic rings. The number of fused-ring (bicyclic) bond motifs is 1. The van der Waals surface area contributed by atoms with E-state index in [2.05, 4.69) is 43.8 Å². The van der Waals surface area contributed by atoms with Gasteiger partial charge >= 0.3 is 0 Å². The number of carbonyl (C=O) groups excluding carboxylic acids is 1. The van der Waals surface area contributed by atoms with Gasteiger partial charge < -0.3 is 20.3 Å². The van der Waals surface area contributed by atoms with Crippen LogP contribution in [-0.2, 0) is 19.4 Å². The summed E-state index contributed by atoms with van der Waals surface area (Å²) >= 11 is 0. The molecule has 10 nitrogen and oxygen atoms in total. The van der Waals surface area contributed by atoms with E-state index in [0.717, 1.165) is 56.9 Å². The van der Waals surface area contributed by atoms with E-state index in [1.165, 1.54) is 37.5 Å². The normalized spacial score (nSPS) is 20.0. The average molecular weight is 655 g/mol. The summed E-state index contributed by atoms with van der Waals surface area (Å²) < 4.78 is 59.7. The summed E-state index contributed by atoms with van der Waals surface area (Å²) in [7, 11) is -2.13. The lowest BCUT2D eigenvalue weighted by molar-refractivity contribution is -0.112. The smallest absolute Gasteiger partial charge is 0.258 e. The average Bonchev–Trinajstić information content (AvgIpc) is 3.45. The zero-order valence-electron chi connectivity index (χ0n) is 25.9. The maximum absolute atomic E-state index is 13.8. The number of aromatic amines is 1. The minimum atomic E-state index is -4.25. The van der Waals surface area contributed by atoms with Crippen LogP contribution in [0.3, 0.4) is 0 Å². The van der Waals surface area contributed by atoms with Gasteiger partial charge in [-0.05, 0) is 76.2 Å². The standard InChI is InChI=1S/C33H40F2N6O4S/c1-40(13-14-41-11-3-2-4-12-41)25-5-7-28(31(20-25)36-24-9-15-45-16-10-24)33(42)37-32-29-21-26(6-8-30(29)38-39-32)46(43,44)27-18-22(34)17-23(35)19-27/h5-8,17-19,21,24-25,36H,2-4,9-16,20H2,1H3,(H2,37,38,39,42). The van der Waals surface area contributed by atoms with Gasteiger partial charge in [-0.1, -0.05) is 18.6 Å². The zero-order valence-corrected chi connectivity index (χ0v) is 26.7. The van der Waals surface area contributed by atoms with Crippen LogP contribution >= 0.6 is 0 Å². The first-order chi connectivity index (χ1) is 22.2. The van der Waals surface area contributed by atoms with E-state index < -0.39 is 26.4 Å². The summed E-state index contributed by atoms with van der Waals surface area (Å²) in [5.41, 5.74) is 1.82. The van der Waals surface area contributed by atoms with Gasteiger partial charge in [0.2, 0.25) is 9.84 Å². The number of nitrogens with zero attached hydrogens (tertiary/aromatic N) is 3. The van der Waals surface area contributed by atoms with Gasteiger partial charge in [-0.25, -0.2) is 17.2 Å². The number of aromatic nitrogens is 2. The van der Waals surface area contributed by atoms with Gasteiger partial charge in [-0.15, -0.1) is 0 Å². The summed E-state index contributed by atoms with van der Waals surface area (Å²) in [5, 5.41) is 13.9. The molecule has 13 heteroatoms. The number of hydrogen-bond acceptors (Lipinski definition) is 8. The third-order valence-corrected chi connectivity index (χ3v) is 10.8. The van der Waals surface area contributed by atoms with Crippen molar-refractivity contribution in [3.05, 3.63) is 71.5 Å². The van der Waals surface area contributed by atoms with Gasteiger partial charge in [0.25, 0.3) is 5.91 Å². The van der Waals surface area contributed by atoms with Crippen LogP contribution in [-0.4, -0.2) is 92.8 Å². The van der Waals surface area contributed by atoms with Gasteiger partial charge in [0.05, 0.1) is 20.9 Å². The van der Waals surface area contributed by atoms with Crippen LogP contribution < -0.4 is 10.6 Å². The Morgan fingerprint density at radius 1 is 1.07 bits per heavy atom. The number of piperidine rings is 1. The number of hydrogen-bond donors (Lipinski definition) is 3. The monoisotopic (exact) mass is 654 g/mol. The highest BCUT2D eigenvalue weighted by molar-refractivity contribution is 7.91. The van der Waals surface area contributed by atoms with Crippen molar-refractivity contribution in [2.75, 3.05) is 51.8 Å². The van der Waals surface area contributed by atoms with Crippen molar-refractivity contribution in [2.24, 2.45) is 0 Å². The molecule has 6 rings (SSSR count). The first kappa shape index (κ1) is 32.3. The van der Waals surface area contributed by atoms with Crippen molar-refractivity contribution in [1.82, 2.24) is 25.3 Å². The van der Waals surface area contributed by atoms with Crippen LogP contribution in [0.1, 0.15) is 38.5 Å². The van der Waals surface area contributed by atoms with E-state index in [1.54, 1.807) is 0 Å². The quantitative estimate of drug-likeness (QED) is 0.295. The Kier molecular flexibility index (Phi) is 9.83. The van der Waals surface area contributed by atoms with E-state index in [9.17, 15) is 22.0 Å². The third kappa shape index (κ3) is 7.33. The zero-order chi connectivity index (χ0) is 32.3. The molecule has 2 saturated heterocycles. The van der Waals surface area contributed by atoms with Crippen LogP contribution in [0.15, 0.2) is 69.6 Å². The second-order valence-corrected chi connectivity index (χ2v) is 14.2. The van der Waals surface area contributed by atoms with Crippen molar-refractivity contribution in [3.63, 3.8) is 0 Å². The number of likely N-dealkylation sites (tertiary alicyclic amines) is 1. The predicted molar refractivity (Wildman–Crippen MR) is 171 cm³/mol. The molecule has 1 aliphatic carbocycles. The largest absolute Gasteiger partial charge is 0.385 e. The molecule has 0 saturated carbocycles. The number of carbonyl (C=O) groups is 1. The number of nitrogens with one attached hydrogen (secondary N) is 3. The lowest BCUT2D eigenvalue weighted by Crippen LogP contribution is -2.43. The molecule has 1 aromatic heterocycles. The summed E-state index contributed by atoms with van der Waals surface area (Å²) in [5.74, 6) is -2.22. The molecular formula is C33H40F2N6O4S. The fraction of sp³-hybridized carbons (Fsp3) is 0.455. The lowest BCUT2D eigenvalue weighted by Gasteiger charge is -2.34. The lowest BCUT2D eigenvalue weighted by atomic mass is 9.96. The number of ether oxygens (including phenoxy) is 1. The molecule has 3 heterocycles. The number of likely N-dealkylation sites (N-methyl/N-ethyl adjacent to an activating group) is 1. The maximum atomic E-state index is 13.8. The Balaban J connectivity index is 1.22. The van der Waals surface area contributed by atoms with Crippen molar-refractivity contribution in [3.8, 4) is 0 Å². The second kappa shape index (κ2) is 14.0. The van der Waals surface area contributed by atoms with Gasteiger partial charge in [-0.3, -0.25) is 14.8 Å². The molecule has 246 valence electrons. The molecule has 0 bridgehead atoms. The molecule has 3 N–H and O–H groups in total. The highest BCUT2D eigenvalue weighted by Gasteiger charge is 2.27. The van der Waals surface area contributed by atoms with E-state index >= 15 is 0 Å². The Labute approximate surface area is 267 Å². The number of rotatable bonds is 10. The molecule has 0 radical (unpaired) electrons. The molecule has 2 fully saturated rings. The molecule has 1 atom stereocenters. The molecule has 3 aliphatic rings. The number of halogens is 2. The van der Waals surface area contributed by atoms with Gasteiger partial charge in [0.1, 0.15) is 11.6 Å². The number of anilines is 1. The van der Waals surface area contributed by atoms with Crippen molar-refractivity contribution in [1.29, 1.82) is 0 Å². The Bertz CT molecular complexity index is 1730. The summed E-state index contributed by atoms with van der Waals surface area (Å²) in [6, 6.07) is 6.63. The molecule has 1 amide bonds. The minimum Gasteiger partial charge on any atom is -0.385 e. The number of amides is 1. The van der Waals surface area contributed by atoms with Crippen LogP contribution in [0.5, 0.6) is 0 Å². The highest BCUT2D eigenvalue weighted by Crippen LogP contribution is 2.30. The second-order valence-electron chi connectivity index (χ2n) is 12.3. The van der Waals surface area contributed by atoms with E-state index in [4.69, 9.17) is 4.74 Å². The van der Waals surface area contributed by atoms with Crippen LogP contribution in [0.25, 0.3) is 10.9 Å². The van der Waals surface area contributed by atoms with Gasteiger partial charge in [0, 0.05) is 62.0 Å². The molecule has 2 aromatic carbocycles. The predicted octanol–water partition coefficient (Wildman–Crippen LogP) is 4.38. The minimum absolute atomic E-state index is 0.121. The van der Waals surface area contributed by atoms with Gasteiger partial charge in [-0.2, -0.15) is 5.10 Å². The Morgan fingerprint density at radius 2 is 1.80 bits per heavy atom. The van der Waals surface area contributed by atoms with Crippen molar-refractivity contribution >= 4 is 32.5 Å². The summed E-state index contributed by atoms with van der Waals surface area (Å²) in [6.45, 7) is 5.55. The van der Waals surface area contributed by atoms with Crippen molar-refractivity contribution in [2.45, 2.75) is 60.4 Å². The fourth-order valence-corrected chi connectivity index (χ4v) is 7.66. The number of benzene rings is 2. The summed E-state index contributed by atoms with van der Waals surface area (Å²) in [4.78, 5) is 17.9. The van der Waals surface area contributed by atoms with E-state index in [0.29, 0.717) is 42.2 Å². The van der Waals surface area contributed by atoms with Crippen molar-refractivity contribution < 1.29 is 26.7 Å². The Morgan fingerprint density at radius 3 is 2.54 bits per heavy atom. The molecular weight excluding hydrogens is 614 g/mol. The molecule has 1 unspecified atom stereocenters. The molecule has 2 aliphatic heterocycles. The number of sulfone groups is 1. The van der Waals surface area contributed by atoms with E-state index in [1.807, 2.05) is 6.08 Å². The summed E-state index contributed by atoms with van der Waals surface area (Å²) in [6.07, 6.45) is 10.0. The number of H-pyrrole nitrogens is 1. The first-order valence-electron chi connectivity index (χ1n) is 15.9. The SMILES string of the molecule is CN(CCN1CCCCC1)C1C=CC(C(=O)Nc2n[nH]c3ccc(S(=O)(=O)c4cc(F)cc(F)c4)cc23)=C(NC2CCOCC2)C1. The maximum Gasteiger partial charge on any atom is 0.258 e. The molecule has 46 heavy (non-hydrogen) atoms. The first-order valence-corrected chi connectivity index (χ1v) is 17.3. The van der Waals surface area contributed by atoms with Crippen LogP contribution in [0.4, 0.5) is 14.6 Å². The highest BCUT2D eigenvalue weighted by atomic mass is 32.2. The van der Waals surface area contributed by atoms with Crippen LogP contribution in [0.2, 0.25) is 0 Å².